The van der Waals surface area contributed by atoms with Crippen molar-refractivity contribution < 1.29 is 19.0 Å². The maximum Gasteiger partial charge on any atom is 0.272 e. The fourth-order valence-corrected chi connectivity index (χ4v) is 3.55. The van der Waals surface area contributed by atoms with Crippen LogP contribution in [0.5, 0.6) is 17.2 Å². The van der Waals surface area contributed by atoms with Crippen LogP contribution in [0.3, 0.4) is 0 Å². The quantitative estimate of drug-likeness (QED) is 0.296. The van der Waals surface area contributed by atoms with Gasteiger partial charge in [0, 0.05) is 22.6 Å². The van der Waals surface area contributed by atoms with Crippen LogP contribution in [-0.4, -0.2) is 37.9 Å². The molecule has 0 aliphatic carbocycles. The van der Waals surface area contributed by atoms with Gasteiger partial charge in [0.15, 0.2) is 0 Å². The predicted octanol–water partition coefficient (Wildman–Crippen LogP) is 5.08. The summed E-state index contributed by atoms with van der Waals surface area (Å²) in [5.41, 5.74) is 6.10. The number of rotatable bonds is 8. The average Bonchev–Trinajstić information content (AvgIpc) is 2.88. The highest BCUT2D eigenvalue weighted by Crippen LogP contribution is 2.27. The molecule has 1 amide bonds. The number of hydrazone groups is 1. The van der Waals surface area contributed by atoms with Gasteiger partial charge in [0.2, 0.25) is 0 Å². The van der Waals surface area contributed by atoms with Crippen molar-refractivity contribution in [3.63, 3.8) is 0 Å². The first kappa shape index (κ1) is 22.8. The number of nitrogens with one attached hydrogen (secondary N) is 1. The highest BCUT2D eigenvalue weighted by molar-refractivity contribution is 6.07. The van der Waals surface area contributed by atoms with Crippen LogP contribution in [-0.2, 0) is 0 Å². The summed E-state index contributed by atoms with van der Waals surface area (Å²) in [4.78, 5) is 17.8. The molecule has 3 aromatic carbocycles. The van der Waals surface area contributed by atoms with Gasteiger partial charge >= 0.3 is 0 Å². The number of amides is 1. The van der Waals surface area contributed by atoms with Gasteiger partial charge in [-0.1, -0.05) is 18.2 Å². The third-order valence-corrected chi connectivity index (χ3v) is 5.23. The van der Waals surface area contributed by atoms with Crippen molar-refractivity contribution in [3.05, 3.63) is 83.9 Å². The molecule has 4 aromatic rings. The molecule has 0 atom stereocenters. The molecule has 0 unspecified atom stereocenters. The molecule has 1 heterocycles. The van der Waals surface area contributed by atoms with Gasteiger partial charge in [0.1, 0.15) is 17.2 Å². The Morgan fingerprint density at radius 2 is 1.74 bits per heavy atom. The number of pyridine rings is 1. The number of ether oxygens (including phenoxy) is 3. The van der Waals surface area contributed by atoms with Gasteiger partial charge in [0.05, 0.1) is 43.8 Å². The van der Waals surface area contributed by atoms with Crippen LogP contribution in [0, 0.1) is 0 Å². The molecule has 0 fully saturated rings. The van der Waals surface area contributed by atoms with Crippen molar-refractivity contribution in [2.24, 2.45) is 5.10 Å². The zero-order valence-corrected chi connectivity index (χ0v) is 19.2. The lowest BCUT2D eigenvalue weighted by atomic mass is 10.0. The van der Waals surface area contributed by atoms with E-state index in [1.807, 2.05) is 55.5 Å². The third-order valence-electron chi connectivity index (χ3n) is 5.23. The van der Waals surface area contributed by atoms with E-state index in [0.717, 1.165) is 22.2 Å². The summed E-state index contributed by atoms with van der Waals surface area (Å²) in [7, 11) is 3.15. The van der Waals surface area contributed by atoms with Crippen LogP contribution in [0.15, 0.2) is 77.9 Å². The highest BCUT2D eigenvalue weighted by Gasteiger charge is 2.14. The highest BCUT2D eigenvalue weighted by atomic mass is 16.5. The Hall–Kier alpha value is -4.39. The van der Waals surface area contributed by atoms with Crippen molar-refractivity contribution in [2.45, 2.75) is 6.92 Å². The SMILES string of the molecule is CCOc1ccc(-c2cc(C(=O)N/N=C\c3ccc(OC)cc3OC)c3ccccc3n2)cc1. The Balaban J connectivity index is 1.63. The molecule has 7 nitrogen and oxygen atoms in total. The van der Waals surface area contributed by atoms with Gasteiger partial charge in [-0.3, -0.25) is 4.79 Å². The van der Waals surface area contributed by atoms with Gasteiger partial charge in [-0.25, -0.2) is 10.4 Å². The van der Waals surface area contributed by atoms with E-state index in [-0.39, 0.29) is 5.91 Å². The standard InChI is InChI=1S/C27H25N3O4/c1-4-34-20-12-9-18(10-13-20)25-16-23(22-7-5-6-8-24(22)29-25)27(31)30-28-17-19-11-14-21(32-2)15-26(19)33-3/h5-17H,4H2,1-3H3,(H,30,31)/b28-17-. The lowest BCUT2D eigenvalue weighted by molar-refractivity contribution is 0.0956. The maximum absolute atomic E-state index is 13.1. The van der Waals surface area contributed by atoms with Crippen molar-refractivity contribution in [1.82, 2.24) is 10.4 Å². The van der Waals surface area contributed by atoms with Crippen molar-refractivity contribution >= 4 is 23.0 Å². The van der Waals surface area contributed by atoms with Gasteiger partial charge in [-0.2, -0.15) is 5.10 Å². The van der Waals surface area contributed by atoms with Crippen LogP contribution in [0.2, 0.25) is 0 Å². The number of fused-ring (bicyclic) bond motifs is 1. The van der Waals surface area contributed by atoms with Gasteiger partial charge in [-0.15, -0.1) is 0 Å². The summed E-state index contributed by atoms with van der Waals surface area (Å²) in [6.45, 7) is 2.54. The minimum Gasteiger partial charge on any atom is -0.497 e. The second kappa shape index (κ2) is 10.5. The van der Waals surface area contributed by atoms with Crippen LogP contribution < -0.4 is 19.6 Å². The van der Waals surface area contributed by atoms with E-state index in [1.165, 1.54) is 6.21 Å². The summed E-state index contributed by atoms with van der Waals surface area (Å²) in [5, 5.41) is 4.88. The van der Waals surface area contributed by atoms with E-state index in [0.29, 0.717) is 34.9 Å². The van der Waals surface area contributed by atoms with E-state index in [2.05, 4.69) is 10.5 Å². The van der Waals surface area contributed by atoms with Crippen molar-refractivity contribution in [2.75, 3.05) is 20.8 Å². The van der Waals surface area contributed by atoms with Crippen molar-refractivity contribution in [3.8, 4) is 28.5 Å². The smallest absolute Gasteiger partial charge is 0.272 e. The number of hydrogen-bond donors (Lipinski definition) is 1. The number of carbonyl (C=O) groups excluding carboxylic acids is 1. The molecule has 0 aliphatic heterocycles. The Bertz CT molecular complexity index is 1330. The summed E-state index contributed by atoms with van der Waals surface area (Å²) in [5.74, 6) is 1.70. The van der Waals surface area contributed by atoms with Gasteiger partial charge in [-0.05, 0) is 55.5 Å². The zero-order valence-electron chi connectivity index (χ0n) is 19.2. The zero-order chi connectivity index (χ0) is 23.9. The monoisotopic (exact) mass is 455 g/mol. The van der Waals surface area contributed by atoms with Crippen LogP contribution in [0.1, 0.15) is 22.8 Å². The molecule has 172 valence electrons. The number of aromatic nitrogens is 1. The average molecular weight is 456 g/mol. The Morgan fingerprint density at radius 3 is 2.47 bits per heavy atom. The van der Waals surface area contributed by atoms with Crippen LogP contribution >= 0.6 is 0 Å². The van der Waals surface area contributed by atoms with E-state index in [9.17, 15) is 4.79 Å². The molecular formula is C27H25N3O4. The van der Waals surface area contributed by atoms with Gasteiger partial charge in [0.25, 0.3) is 5.91 Å². The first-order chi connectivity index (χ1) is 16.6. The Morgan fingerprint density at radius 1 is 0.971 bits per heavy atom. The Kier molecular flexibility index (Phi) is 7.03. The molecule has 0 saturated heterocycles. The number of nitrogens with zero attached hydrogens (tertiary/aromatic N) is 2. The summed E-state index contributed by atoms with van der Waals surface area (Å²) < 4.78 is 16.1. The second-order valence-electron chi connectivity index (χ2n) is 7.34. The number of methoxy groups -OCH3 is 2. The fraction of sp³-hybridized carbons (Fsp3) is 0.148. The van der Waals surface area contributed by atoms with E-state index in [4.69, 9.17) is 19.2 Å². The maximum atomic E-state index is 13.1. The largest absolute Gasteiger partial charge is 0.497 e. The molecular weight excluding hydrogens is 430 g/mol. The first-order valence-electron chi connectivity index (χ1n) is 10.8. The molecule has 0 aliphatic rings. The van der Waals surface area contributed by atoms with E-state index >= 15 is 0 Å². The summed E-state index contributed by atoms with van der Waals surface area (Å²) in [6.07, 6.45) is 1.53. The Labute approximate surface area is 198 Å². The summed E-state index contributed by atoms with van der Waals surface area (Å²) >= 11 is 0. The molecule has 1 N–H and O–H groups in total. The van der Waals surface area contributed by atoms with Crippen LogP contribution in [0.25, 0.3) is 22.2 Å². The molecule has 0 radical (unpaired) electrons. The lowest BCUT2D eigenvalue weighted by Gasteiger charge is -2.10. The lowest BCUT2D eigenvalue weighted by Crippen LogP contribution is -2.18. The number of para-hydroxylation sites is 1. The van der Waals surface area contributed by atoms with Crippen molar-refractivity contribution in [1.29, 1.82) is 0 Å². The molecule has 4 rings (SSSR count). The number of carbonyl (C=O) groups is 1. The molecule has 0 bridgehead atoms. The molecule has 7 heteroatoms. The van der Waals surface area contributed by atoms with E-state index < -0.39 is 0 Å². The third kappa shape index (κ3) is 4.99. The minimum atomic E-state index is -0.338. The number of hydrogen-bond acceptors (Lipinski definition) is 6. The van der Waals surface area contributed by atoms with Gasteiger partial charge < -0.3 is 14.2 Å². The molecule has 34 heavy (non-hydrogen) atoms. The molecule has 1 aromatic heterocycles. The fourth-order valence-electron chi connectivity index (χ4n) is 3.55. The topological polar surface area (TPSA) is 82.0 Å². The molecule has 0 saturated carbocycles. The minimum absolute atomic E-state index is 0.338. The predicted molar refractivity (Wildman–Crippen MR) is 133 cm³/mol. The second-order valence-corrected chi connectivity index (χ2v) is 7.34. The number of benzene rings is 3. The molecule has 0 spiro atoms. The van der Waals surface area contributed by atoms with Crippen LogP contribution in [0.4, 0.5) is 0 Å². The first-order valence-corrected chi connectivity index (χ1v) is 10.8. The van der Waals surface area contributed by atoms with E-state index in [1.54, 1.807) is 38.5 Å². The summed E-state index contributed by atoms with van der Waals surface area (Å²) in [6, 6.07) is 22.3. The normalized spacial score (nSPS) is 10.9.